The fourth-order valence-corrected chi connectivity index (χ4v) is 2.95. The van der Waals surface area contributed by atoms with Gasteiger partial charge in [-0.25, -0.2) is 9.89 Å². The summed E-state index contributed by atoms with van der Waals surface area (Å²) in [6, 6.07) is 5.88. The van der Waals surface area contributed by atoms with Crippen LogP contribution in [0.3, 0.4) is 0 Å². The second kappa shape index (κ2) is 4.94. The molecule has 7 heteroatoms. The number of hydrogen-bond acceptors (Lipinski definition) is 4. The number of aromatic amines is 1. The van der Waals surface area contributed by atoms with Crippen molar-refractivity contribution >= 4 is 29.1 Å². The summed E-state index contributed by atoms with van der Waals surface area (Å²) in [5.74, 6) is 0.707. The van der Waals surface area contributed by atoms with E-state index in [2.05, 4.69) is 10.2 Å². The molecule has 0 unspecified atom stereocenters. The van der Waals surface area contributed by atoms with E-state index < -0.39 is 0 Å². The number of anilines is 1. The van der Waals surface area contributed by atoms with Crippen molar-refractivity contribution in [3.8, 4) is 0 Å². The Morgan fingerprint density at radius 3 is 3.00 bits per heavy atom. The van der Waals surface area contributed by atoms with E-state index >= 15 is 0 Å². The first-order chi connectivity index (χ1) is 9.15. The van der Waals surface area contributed by atoms with Crippen molar-refractivity contribution in [3.63, 3.8) is 0 Å². The molecular formula is C12H13ClN4OS. The second-order valence-electron chi connectivity index (χ2n) is 4.56. The number of rotatable bonds is 4. The lowest BCUT2D eigenvalue weighted by atomic mass is 10.2. The summed E-state index contributed by atoms with van der Waals surface area (Å²) < 4.78 is 1.74. The van der Waals surface area contributed by atoms with Crippen LogP contribution in [0.4, 0.5) is 5.69 Å². The summed E-state index contributed by atoms with van der Waals surface area (Å²) in [5.41, 5.74) is 7.27. The number of thioether (sulfide) groups is 1. The number of hydrogen-bond donors (Lipinski definition) is 2. The fraction of sp³-hybridized carbons (Fsp3) is 0.333. The van der Waals surface area contributed by atoms with Crippen LogP contribution in [0, 0.1) is 0 Å². The minimum absolute atomic E-state index is 0.124. The zero-order valence-electron chi connectivity index (χ0n) is 10.1. The topological polar surface area (TPSA) is 76.7 Å². The van der Waals surface area contributed by atoms with E-state index in [9.17, 15) is 4.79 Å². The maximum atomic E-state index is 11.6. The molecule has 1 fully saturated rings. The van der Waals surface area contributed by atoms with Crippen LogP contribution < -0.4 is 11.4 Å². The lowest BCUT2D eigenvalue weighted by Crippen LogP contribution is -2.16. The number of nitrogens with two attached hydrogens (primary N) is 1. The summed E-state index contributed by atoms with van der Waals surface area (Å²) in [6.07, 6.45) is 2.11. The number of halogens is 1. The molecule has 3 rings (SSSR count). The molecule has 1 aromatic heterocycles. The molecule has 5 nitrogen and oxygen atoms in total. The van der Waals surface area contributed by atoms with Crippen LogP contribution >= 0.6 is 23.4 Å². The minimum atomic E-state index is -0.124. The van der Waals surface area contributed by atoms with Gasteiger partial charge >= 0.3 is 5.69 Å². The molecule has 1 aliphatic rings. The molecule has 0 atom stereocenters. The molecule has 19 heavy (non-hydrogen) atoms. The van der Waals surface area contributed by atoms with Crippen molar-refractivity contribution in [2.24, 2.45) is 0 Å². The van der Waals surface area contributed by atoms with Gasteiger partial charge in [-0.3, -0.25) is 4.57 Å². The normalized spacial score (nSPS) is 14.8. The maximum absolute atomic E-state index is 11.6. The number of H-pyrrole nitrogens is 1. The highest BCUT2D eigenvalue weighted by Gasteiger charge is 2.28. The SMILES string of the molecule is Nc1cc(CSc2n[nH]c(=O)n2C2CC2)ccc1Cl. The van der Waals surface area contributed by atoms with Gasteiger partial charge in [-0.2, -0.15) is 0 Å². The third-order valence-electron chi connectivity index (χ3n) is 3.01. The third-order valence-corrected chi connectivity index (χ3v) is 4.38. The summed E-state index contributed by atoms with van der Waals surface area (Å²) in [6.45, 7) is 0. The number of aromatic nitrogens is 3. The predicted octanol–water partition coefficient (Wildman–Crippen LogP) is 2.43. The van der Waals surface area contributed by atoms with E-state index in [-0.39, 0.29) is 5.69 Å². The van der Waals surface area contributed by atoms with Gasteiger partial charge in [0.25, 0.3) is 0 Å². The van der Waals surface area contributed by atoms with Gasteiger partial charge < -0.3 is 5.73 Å². The van der Waals surface area contributed by atoms with E-state index in [1.54, 1.807) is 10.6 Å². The highest BCUT2D eigenvalue weighted by Crippen LogP contribution is 2.36. The van der Waals surface area contributed by atoms with Gasteiger partial charge in [-0.1, -0.05) is 29.4 Å². The van der Waals surface area contributed by atoms with E-state index in [0.29, 0.717) is 22.5 Å². The molecule has 0 bridgehead atoms. The van der Waals surface area contributed by atoms with Crippen molar-refractivity contribution < 1.29 is 0 Å². The van der Waals surface area contributed by atoms with Gasteiger partial charge in [0.2, 0.25) is 0 Å². The van der Waals surface area contributed by atoms with Crippen molar-refractivity contribution in [2.45, 2.75) is 29.8 Å². The molecule has 1 saturated carbocycles. The molecule has 0 saturated heterocycles. The van der Waals surface area contributed by atoms with Gasteiger partial charge in [0, 0.05) is 11.8 Å². The Hall–Kier alpha value is -1.40. The first-order valence-corrected chi connectivity index (χ1v) is 7.35. The Labute approximate surface area is 119 Å². The Morgan fingerprint density at radius 1 is 1.53 bits per heavy atom. The van der Waals surface area contributed by atoms with Crippen LogP contribution in [0.5, 0.6) is 0 Å². The standard InChI is InChI=1S/C12H13ClN4OS/c13-9-4-1-7(5-10(9)14)6-19-12-16-15-11(18)17(12)8-2-3-8/h1,4-5,8H,2-3,6,14H2,(H,15,18). The Bertz CT molecular complexity index is 662. The third kappa shape index (κ3) is 2.64. The van der Waals surface area contributed by atoms with Gasteiger partial charge in [-0.05, 0) is 30.5 Å². The lowest BCUT2D eigenvalue weighted by Gasteiger charge is -2.05. The van der Waals surface area contributed by atoms with Gasteiger partial charge in [0.15, 0.2) is 5.16 Å². The first kappa shape index (κ1) is 12.6. The first-order valence-electron chi connectivity index (χ1n) is 5.99. The number of nitrogens with zero attached hydrogens (tertiary/aromatic N) is 2. The van der Waals surface area contributed by atoms with Crippen LogP contribution in [0.1, 0.15) is 24.4 Å². The fourth-order valence-electron chi connectivity index (χ4n) is 1.88. The zero-order chi connectivity index (χ0) is 13.4. The molecule has 3 N–H and O–H groups in total. The van der Waals surface area contributed by atoms with E-state index in [1.165, 1.54) is 11.8 Å². The Kier molecular flexibility index (Phi) is 3.28. The molecule has 100 valence electrons. The van der Waals surface area contributed by atoms with Gasteiger partial charge in [0.05, 0.1) is 10.7 Å². The highest BCUT2D eigenvalue weighted by atomic mass is 35.5. The molecule has 1 heterocycles. The average Bonchev–Trinajstić information content (AvgIpc) is 3.15. The summed E-state index contributed by atoms with van der Waals surface area (Å²) in [5, 5.41) is 7.87. The molecule has 0 amide bonds. The van der Waals surface area contributed by atoms with Gasteiger partial charge in [-0.15, -0.1) is 5.10 Å². The van der Waals surface area contributed by atoms with Crippen LogP contribution in [0.2, 0.25) is 5.02 Å². The largest absolute Gasteiger partial charge is 0.398 e. The molecule has 1 aliphatic carbocycles. The van der Waals surface area contributed by atoms with E-state index in [1.807, 2.05) is 12.1 Å². The molecule has 0 radical (unpaired) electrons. The van der Waals surface area contributed by atoms with Gasteiger partial charge in [0.1, 0.15) is 0 Å². The van der Waals surface area contributed by atoms with Crippen LogP contribution in [-0.4, -0.2) is 14.8 Å². The molecule has 0 aliphatic heterocycles. The number of nitrogens with one attached hydrogen (secondary N) is 1. The summed E-state index contributed by atoms with van der Waals surface area (Å²) in [7, 11) is 0. The molecular weight excluding hydrogens is 284 g/mol. The molecule has 0 spiro atoms. The Balaban J connectivity index is 1.75. The van der Waals surface area contributed by atoms with Crippen molar-refractivity contribution in [1.29, 1.82) is 0 Å². The predicted molar refractivity (Wildman–Crippen MR) is 76.5 cm³/mol. The maximum Gasteiger partial charge on any atom is 0.344 e. The van der Waals surface area contributed by atoms with E-state index in [0.717, 1.165) is 23.6 Å². The molecule has 2 aromatic rings. The zero-order valence-corrected chi connectivity index (χ0v) is 11.7. The van der Waals surface area contributed by atoms with Crippen molar-refractivity contribution in [1.82, 2.24) is 14.8 Å². The molecule has 1 aromatic carbocycles. The second-order valence-corrected chi connectivity index (χ2v) is 5.91. The number of nitrogen functional groups attached to an aromatic ring is 1. The van der Waals surface area contributed by atoms with Crippen molar-refractivity contribution in [3.05, 3.63) is 39.3 Å². The summed E-state index contributed by atoms with van der Waals surface area (Å²) in [4.78, 5) is 11.6. The van der Waals surface area contributed by atoms with Crippen molar-refractivity contribution in [2.75, 3.05) is 5.73 Å². The smallest absolute Gasteiger partial charge is 0.344 e. The van der Waals surface area contributed by atoms with E-state index in [4.69, 9.17) is 17.3 Å². The Morgan fingerprint density at radius 2 is 2.32 bits per heavy atom. The van der Waals surface area contributed by atoms with Crippen LogP contribution in [0.25, 0.3) is 0 Å². The summed E-state index contributed by atoms with van der Waals surface area (Å²) >= 11 is 7.41. The highest BCUT2D eigenvalue weighted by molar-refractivity contribution is 7.98. The van der Waals surface area contributed by atoms with Crippen LogP contribution in [0.15, 0.2) is 28.2 Å². The number of benzene rings is 1. The van der Waals surface area contributed by atoms with Crippen LogP contribution in [-0.2, 0) is 5.75 Å². The average molecular weight is 297 g/mol. The quantitative estimate of drug-likeness (QED) is 0.671. The monoisotopic (exact) mass is 296 g/mol. The minimum Gasteiger partial charge on any atom is -0.398 e. The lowest BCUT2D eigenvalue weighted by molar-refractivity contribution is 0.642.